The van der Waals surface area contributed by atoms with Crippen LogP contribution in [0, 0.1) is 11.8 Å². The largest absolute Gasteiger partial charge is 0.372 e. The molecule has 0 amide bonds. The smallest absolute Gasteiger partial charge is 0.284 e. The monoisotopic (exact) mass is 473 g/mol. The normalized spacial score (nSPS) is 11.0. The molecule has 0 spiro atoms. The minimum absolute atomic E-state index is 0.250. The molecule has 170 valence electrons. The van der Waals surface area contributed by atoms with Crippen molar-refractivity contribution in [1.82, 2.24) is 29.1 Å². The molecule has 10 heteroatoms. The summed E-state index contributed by atoms with van der Waals surface area (Å²) in [7, 11) is 3.48. The van der Waals surface area contributed by atoms with Gasteiger partial charge in [-0.15, -0.1) is 0 Å². The van der Waals surface area contributed by atoms with E-state index in [-0.39, 0.29) is 12.1 Å². The Morgan fingerprint density at radius 1 is 1.21 bits per heavy atom. The van der Waals surface area contributed by atoms with Crippen molar-refractivity contribution in [1.29, 1.82) is 0 Å². The van der Waals surface area contributed by atoms with Gasteiger partial charge in [-0.05, 0) is 18.2 Å². The second-order valence-corrected chi connectivity index (χ2v) is 7.97. The van der Waals surface area contributed by atoms with Gasteiger partial charge in [-0.25, -0.2) is 14.5 Å². The van der Waals surface area contributed by atoms with Crippen LogP contribution in [-0.4, -0.2) is 49.9 Å². The van der Waals surface area contributed by atoms with Crippen LogP contribution < -0.4 is 10.5 Å². The second-order valence-electron chi connectivity index (χ2n) is 7.56. The van der Waals surface area contributed by atoms with Gasteiger partial charge in [-0.2, -0.15) is 5.10 Å². The van der Waals surface area contributed by atoms with Crippen LogP contribution >= 0.6 is 11.6 Å². The summed E-state index contributed by atoms with van der Waals surface area (Å²) in [6.07, 6.45) is 4.96. The first-order valence-corrected chi connectivity index (χ1v) is 10.8. The molecule has 0 aliphatic heterocycles. The van der Waals surface area contributed by atoms with Crippen molar-refractivity contribution in [2.45, 2.75) is 6.54 Å². The molecule has 1 aromatic carbocycles. The predicted molar refractivity (Wildman–Crippen MR) is 131 cm³/mol. The van der Waals surface area contributed by atoms with Crippen molar-refractivity contribution >= 4 is 34.0 Å². The lowest BCUT2D eigenvalue weighted by atomic mass is 10.2. The lowest BCUT2D eigenvalue weighted by Crippen LogP contribution is -2.30. The van der Waals surface area contributed by atoms with E-state index in [0.717, 1.165) is 10.9 Å². The van der Waals surface area contributed by atoms with Gasteiger partial charge in [0.15, 0.2) is 5.82 Å². The molecule has 0 radical (unpaired) electrons. The summed E-state index contributed by atoms with van der Waals surface area (Å²) in [4.78, 5) is 27.3. The standard InChI is InChI=1S/C24H20ClN7O2/c1-30(23-20-16(7-6-12-34-2)13-26-22(20)27-15-28-23)14-19-29-31-11-10-18(25)21(31)24(33)32(19)17-8-4-3-5-9-17/h3-5,8-11,13,15H,12,14H2,1-2H3,(H,26,27,28). The van der Waals surface area contributed by atoms with E-state index < -0.39 is 0 Å². The fraction of sp³-hybridized carbons (Fsp3) is 0.167. The molecule has 0 atom stereocenters. The molecule has 0 bridgehead atoms. The fourth-order valence-electron chi connectivity index (χ4n) is 3.85. The minimum atomic E-state index is -0.250. The van der Waals surface area contributed by atoms with Crippen molar-refractivity contribution in [3.8, 4) is 17.5 Å². The average molecular weight is 474 g/mol. The number of para-hydroxylation sites is 1. The molecular weight excluding hydrogens is 454 g/mol. The lowest BCUT2D eigenvalue weighted by molar-refractivity contribution is 0.240. The van der Waals surface area contributed by atoms with E-state index in [2.05, 4.69) is 26.8 Å². The third kappa shape index (κ3) is 3.79. The van der Waals surface area contributed by atoms with Gasteiger partial charge >= 0.3 is 0 Å². The molecule has 5 rings (SSSR count). The Hall–Kier alpha value is -4.13. The lowest BCUT2D eigenvalue weighted by Gasteiger charge is -2.21. The molecule has 4 heterocycles. The summed E-state index contributed by atoms with van der Waals surface area (Å²) in [5.74, 6) is 7.25. The van der Waals surface area contributed by atoms with Gasteiger partial charge in [-0.3, -0.25) is 9.36 Å². The number of hydrogen-bond donors (Lipinski definition) is 1. The highest BCUT2D eigenvalue weighted by Gasteiger charge is 2.19. The predicted octanol–water partition coefficient (Wildman–Crippen LogP) is 3.04. The zero-order valence-corrected chi connectivity index (χ0v) is 19.2. The highest BCUT2D eigenvalue weighted by molar-refractivity contribution is 6.33. The van der Waals surface area contributed by atoms with Crippen molar-refractivity contribution in [3.05, 3.63) is 81.9 Å². The van der Waals surface area contributed by atoms with Crippen molar-refractivity contribution < 1.29 is 4.74 Å². The fourth-order valence-corrected chi connectivity index (χ4v) is 4.07. The Balaban J connectivity index is 1.63. The average Bonchev–Trinajstić information content (AvgIpc) is 3.43. The molecule has 0 fully saturated rings. The molecule has 0 saturated heterocycles. The van der Waals surface area contributed by atoms with E-state index >= 15 is 0 Å². The number of halogens is 1. The number of nitrogens with zero attached hydrogens (tertiary/aromatic N) is 6. The number of anilines is 1. The summed E-state index contributed by atoms with van der Waals surface area (Å²) >= 11 is 6.29. The second kappa shape index (κ2) is 9.02. The molecule has 34 heavy (non-hydrogen) atoms. The van der Waals surface area contributed by atoms with Gasteiger partial charge < -0.3 is 14.6 Å². The van der Waals surface area contributed by atoms with Gasteiger partial charge in [0, 0.05) is 26.6 Å². The minimum Gasteiger partial charge on any atom is -0.372 e. The first-order valence-electron chi connectivity index (χ1n) is 10.4. The quantitative estimate of drug-likeness (QED) is 0.394. The molecule has 9 nitrogen and oxygen atoms in total. The zero-order chi connectivity index (χ0) is 23.7. The SMILES string of the molecule is COCC#Cc1c[nH]c2ncnc(N(C)Cc3nn4ccc(Cl)c4c(=O)n3-c3ccccc3)c12. The number of methoxy groups -OCH3 is 1. The number of aromatic nitrogens is 6. The van der Waals surface area contributed by atoms with Crippen molar-refractivity contribution in [3.63, 3.8) is 0 Å². The molecule has 0 unspecified atom stereocenters. The number of hydrogen-bond acceptors (Lipinski definition) is 6. The molecular formula is C24H20ClN7O2. The van der Waals surface area contributed by atoms with Crippen LogP contribution in [0.25, 0.3) is 22.2 Å². The van der Waals surface area contributed by atoms with E-state index in [1.165, 1.54) is 10.8 Å². The van der Waals surface area contributed by atoms with Crippen molar-refractivity contribution in [2.75, 3.05) is 25.7 Å². The van der Waals surface area contributed by atoms with Crippen LogP contribution in [0.1, 0.15) is 11.4 Å². The molecule has 0 saturated carbocycles. The number of ether oxygens (including phenoxy) is 1. The van der Waals surface area contributed by atoms with Crippen LogP contribution in [0.5, 0.6) is 0 Å². The Bertz CT molecular complexity index is 1610. The van der Waals surface area contributed by atoms with Crippen LogP contribution in [-0.2, 0) is 11.3 Å². The van der Waals surface area contributed by atoms with Gasteiger partial charge in [0.2, 0.25) is 0 Å². The molecule has 1 N–H and O–H groups in total. The van der Waals surface area contributed by atoms with Crippen LogP contribution in [0.4, 0.5) is 5.82 Å². The van der Waals surface area contributed by atoms with E-state index in [1.807, 2.05) is 42.3 Å². The molecule has 0 aliphatic carbocycles. The number of fused-ring (bicyclic) bond motifs is 2. The Kier molecular flexibility index (Phi) is 5.76. The highest BCUT2D eigenvalue weighted by Crippen LogP contribution is 2.26. The summed E-state index contributed by atoms with van der Waals surface area (Å²) < 4.78 is 8.12. The first kappa shape index (κ1) is 21.7. The number of rotatable bonds is 5. The Morgan fingerprint density at radius 2 is 2.03 bits per heavy atom. The van der Waals surface area contributed by atoms with Crippen LogP contribution in [0.15, 0.2) is 59.9 Å². The third-order valence-corrected chi connectivity index (χ3v) is 5.65. The van der Waals surface area contributed by atoms with E-state index in [1.54, 1.807) is 30.1 Å². The summed E-state index contributed by atoms with van der Waals surface area (Å²) in [6.45, 7) is 0.607. The molecule has 4 aromatic heterocycles. The number of nitrogens with one attached hydrogen (secondary N) is 1. The molecule has 0 aliphatic rings. The van der Waals surface area contributed by atoms with E-state index in [4.69, 9.17) is 21.4 Å². The maximum absolute atomic E-state index is 13.5. The Labute approximate surface area is 199 Å². The van der Waals surface area contributed by atoms with E-state index in [0.29, 0.717) is 40.1 Å². The van der Waals surface area contributed by atoms with Crippen molar-refractivity contribution in [2.24, 2.45) is 0 Å². The van der Waals surface area contributed by atoms with Crippen LogP contribution in [0.3, 0.4) is 0 Å². The summed E-state index contributed by atoms with van der Waals surface area (Å²) in [5.41, 5.74) is 2.20. The van der Waals surface area contributed by atoms with E-state index in [9.17, 15) is 4.79 Å². The number of H-pyrrole nitrogens is 1. The third-order valence-electron chi connectivity index (χ3n) is 5.35. The number of aromatic amines is 1. The van der Waals surface area contributed by atoms with Crippen LogP contribution in [0.2, 0.25) is 5.02 Å². The molecule has 5 aromatic rings. The maximum atomic E-state index is 13.5. The summed E-state index contributed by atoms with van der Waals surface area (Å²) in [6, 6.07) is 11.0. The van der Waals surface area contributed by atoms with Gasteiger partial charge in [0.25, 0.3) is 5.56 Å². The summed E-state index contributed by atoms with van der Waals surface area (Å²) in [5, 5.41) is 5.84. The highest BCUT2D eigenvalue weighted by atomic mass is 35.5. The maximum Gasteiger partial charge on any atom is 0.284 e. The van der Waals surface area contributed by atoms with Gasteiger partial charge in [0.1, 0.15) is 29.9 Å². The number of benzene rings is 1. The topological polar surface area (TPSA) is 93.3 Å². The zero-order valence-electron chi connectivity index (χ0n) is 18.5. The van der Waals surface area contributed by atoms with Gasteiger partial charge in [-0.1, -0.05) is 41.6 Å². The first-order chi connectivity index (χ1) is 16.6. The van der Waals surface area contributed by atoms with Gasteiger partial charge in [0.05, 0.1) is 28.2 Å². The Morgan fingerprint density at radius 3 is 2.82 bits per heavy atom.